The fraction of sp³-hybridized carbons (Fsp3) is 0.571. The Bertz CT molecular complexity index is 446. The van der Waals surface area contributed by atoms with Crippen molar-refractivity contribution in [2.24, 2.45) is 11.8 Å². The molecule has 3 heteroatoms. The maximum atomic E-state index is 13.1. The second-order valence-electron chi connectivity index (χ2n) is 5.61. The average Bonchev–Trinajstić information content (AvgIpc) is 2.83. The van der Waals surface area contributed by atoms with Crippen molar-refractivity contribution in [2.45, 2.75) is 37.7 Å². The second kappa shape index (κ2) is 3.77. The third-order valence-corrected chi connectivity index (χ3v) is 4.44. The van der Waals surface area contributed by atoms with Crippen LogP contribution in [0.5, 0.6) is 0 Å². The molecule has 1 nitrogen and oxygen atoms in total. The number of hydrogen-bond acceptors (Lipinski definition) is 1. The Kier molecular flexibility index (Phi) is 2.47. The minimum Gasteiger partial charge on any atom is -0.389 e. The van der Waals surface area contributed by atoms with E-state index in [0.29, 0.717) is 23.8 Å². The molecule has 2 bridgehead atoms. The van der Waals surface area contributed by atoms with E-state index < -0.39 is 17.2 Å². The summed E-state index contributed by atoms with van der Waals surface area (Å²) in [6.07, 6.45) is 4.65. The third-order valence-electron chi connectivity index (χ3n) is 4.44. The van der Waals surface area contributed by atoms with Gasteiger partial charge in [0.05, 0.1) is 5.60 Å². The summed E-state index contributed by atoms with van der Waals surface area (Å²) in [6.45, 7) is 0. The zero-order chi connectivity index (χ0) is 12.0. The number of rotatable bonds is 2. The van der Waals surface area contributed by atoms with Gasteiger partial charge in [-0.3, -0.25) is 0 Å². The van der Waals surface area contributed by atoms with Crippen LogP contribution < -0.4 is 0 Å². The Hall–Kier alpha value is -0.960. The average molecular weight is 238 g/mol. The van der Waals surface area contributed by atoms with E-state index in [9.17, 15) is 13.9 Å². The fourth-order valence-electron chi connectivity index (χ4n) is 3.63. The van der Waals surface area contributed by atoms with Gasteiger partial charge in [-0.1, -0.05) is 6.07 Å². The summed E-state index contributed by atoms with van der Waals surface area (Å²) in [7, 11) is 0. The SMILES string of the molecule is OC1(Cc2ccc(F)c(F)c2)CC2CCC1C2. The quantitative estimate of drug-likeness (QED) is 0.839. The molecule has 3 unspecified atom stereocenters. The summed E-state index contributed by atoms with van der Waals surface area (Å²) in [5.41, 5.74) is 0.00616. The van der Waals surface area contributed by atoms with Crippen LogP contribution in [0.2, 0.25) is 0 Å². The normalized spacial score (nSPS) is 35.5. The summed E-state index contributed by atoms with van der Waals surface area (Å²) in [5.74, 6) is -0.668. The lowest BCUT2D eigenvalue weighted by molar-refractivity contribution is -0.0125. The largest absolute Gasteiger partial charge is 0.389 e. The highest BCUT2D eigenvalue weighted by molar-refractivity contribution is 5.21. The lowest BCUT2D eigenvalue weighted by Gasteiger charge is -2.32. The van der Waals surface area contributed by atoms with Gasteiger partial charge in [0, 0.05) is 6.42 Å². The summed E-state index contributed by atoms with van der Waals surface area (Å²) in [5, 5.41) is 10.6. The van der Waals surface area contributed by atoms with E-state index in [1.165, 1.54) is 12.5 Å². The van der Waals surface area contributed by atoms with Gasteiger partial charge in [-0.05, 0) is 55.2 Å². The number of benzene rings is 1. The molecule has 0 saturated heterocycles. The molecule has 3 rings (SSSR count). The van der Waals surface area contributed by atoms with Gasteiger partial charge in [-0.2, -0.15) is 0 Å². The van der Waals surface area contributed by atoms with Gasteiger partial charge in [-0.25, -0.2) is 8.78 Å². The van der Waals surface area contributed by atoms with Crippen LogP contribution in [-0.4, -0.2) is 10.7 Å². The van der Waals surface area contributed by atoms with Crippen molar-refractivity contribution in [2.75, 3.05) is 0 Å². The summed E-state index contributed by atoms with van der Waals surface area (Å²) in [6, 6.07) is 3.92. The molecule has 1 N–H and O–H groups in total. The monoisotopic (exact) mass is 238 g/mol. The number of aliphatic hydroxyl groups is 1. The molecule has 1 aromatic rings. The number of fused-ring (bicyclic) bond motifs is 2. The van der Waals surface area contributed by atoms with Gasteiger partial charge in [0.2, 0.25) is 0 Å². The van der Waals surface area contributed by atoms with Crippen molar-refractivity contribution >= 4 is 0 Å². The third kappa shape index (κ3) is 1.86. The molecular formula is C14H16F2O. The van der Waals surface area contributed by atoms with Crippen molar-refractivity contribution in [1.29, 1.82) is 0 Å². The molecule has 2 fully saturated rings. The molecule has 0 heterocycles. The smallest absolute Gasteiger partial charge is 0.159 e. The molecule has 0 amide bonds. The van der Waals surface area contributed by atoms with E-state index in [1.807, 2.05) is 0 Å². The highest BCUT2D eigenvalue weighted by Crippen LogP contribution is 2.51. The van der Waals surface area contributed by atoms with Crippen LogP contribution in [0.4, 0.5) is 8.78 Å². The molecule has 2 saturated carbocycles. The minimum absolute atomic E-state index is 0.348. The second-order valence-corrected chi connectivity index (χ2v) is 5.61. The first-order chi connectivity index (χ1) is 8.07. The van der Waals surface area contributed by atoms with E-state index in [-0.39, 0.29) is 0 Å². The lowest BCUT2D eigenvalue weighted by atomic mass is 9.80. The first kappa shape index (κ1) is 11.1. The molecule has 17 heavy (non-hydrogen) atoms. The Morgan fingerprint density at radius 3 is 2.65 bits per heavy atom. The Labute approximate surface area is 99.5 Å². The van der Waals surface area contributed by atoms with Gasteiger partial charge < -0.3 is 5.11 Å². The molecular weight excluding hydrogens is 222 g/mol. The van der Waals surface area contributed by atoms with Gasteiger partial charge in [0.15, 0.2) is 11.6 Å². The number of hydrogen-bond donors (Lipinski definition) is 1. The van der Waals surface area contributed by atoms with Crippen LogP contribution in [0.15, 0.2) is 18.2 Å². The van der Waals surface area contributed by atoms with E-state index in [2.05, 4.69) is 0 Å². The maximum Gasteiger partial charge on any atom is 0.159 e. The van der Waals surface area contributed by atoms with E-state index in [0.717, 1.165) is 25.3 Å². The van der Waals surface area contributed by atoms with Crippen LogP contribution in [0.3, 0.4) is 0 Å². The van der Waals surface area contributed by atoms with Gasteiger partial charge in [-0.15, -0.1) is 0 Å². The summed E-state index contributed by atoms with van der Waals surface area (Å²) < 4.78 is 25.9. The minimum atomic E-state index is -0.825. The Morgan fingerprint density at radius 2 is 2.06 bits per heavy atom. The van der Waals surface area contributed by atoms with Crippen LogP contribution in [0.25, 0.3) is 0 Å². The van der Waals surface area contributed by atoms with Crippen molar-refractivity contribution < 1.29 is 13.9 Å². The molecule has 0 radical (unpaired) electrons. The predicted octanol–water partition coefficient (Wildman–Crippen LogP) is 3.06. The molecule has 0 aromatic heterocycles. The molecule has 1 aromatic carbocycles. The Balaban J connectivity index is 1.80. The van der Waals surface area contributed by atoms with Crippen molar-refractivity contribution in [1.82, 2.24) is 0 Å². The van der Waals surface area contributed by atoms with Crippen molar-refractivity contribution in [3.05, 3.63) is 35.4 Å². The molecule has 2 aliphatic rings. The molecule has 92 valence electrons. The van der Waals surface area contributed by atoms with Crippen LogP contribution in [-0.2, 0) is 6.42 Å². The van der Waals surface area contributed by atoms with E-state index in [1.54, 1.807) is 6.07 Å². The first-order valence-electron chi connectivity index (χ1n) is 6.23. The predicted molar refractivity (Wildman–Crippen MR) is 60.5 cm³/mol. The highest BCUT2D eigenvalue weighted by Gasteiger charge is 2.49. The number of halogens is 2. The zero-order valence-corrected chi connectivity index (χ0v) is 9.63. The van der Waals surface area contributed by atoms with E-state index >= 15 is 0 Å². The first-order valence-corrected chi connectivity index (χ1v) is 6.23. The lowest BCUT2D eigenvalue weighted by Crippen LogP contribution is -2.37. The van der Waals surface area contributed by atoms with Gasteiger partial charge in [0.25, 0.3) is 0 Å². The maximum absolute atomic E-state index is 13.1. The summed E-state index contributed by atoms with van der Waals surface area (Å²) >= 11 is 0. The van der Waals surface area contributed by atoms with Crippen molar-refractivity contribution in [3.8, 4) is 0 Å². The fourth-order valence-corrected chi connectivity index (χ4v) is 3.63. The van der Waals surface area contributed by atoms with Crippen LogP contribution in [0.1, 0.15) is 31.2 Å². The summed E-state index contributed by atoms with van der Waals surface area (Å²) in [4.78, 5) is 0. The zero-order valence-electron chi connectivity index (χ0n) is 9.63. The molecule has 3 atom stereocenters. The highest BCUT2D eigenvalue weighted by atomic mass is 19.2. The topological polar surface area (TPSA) is 20.2 Å². The Morgan fingerprint density at radius 1 is 1.24 bits per heavy atom. The van der Waals surface area contributed by atoms with Gasteiger partial charge >= 0.3 is 0 Å². The van der Waals surface area contributed by atoms with Crippen molar-refractivity contribution in [3.63, 3.8) is 0 Å². The van der Waals surface area contributed by atoms with Crippen LogP contribution >= 0.6 is 0 Å². The van der Waals surface area contributed by atoms with Gasteiger partial charge in [0.1, 0.15) is 0 Å². The molecule has 0 aliphatic heterocycles. The molecule has 0 spiro atoms. The van der Waals surface area contributed by atoms with E-state index in [4.69, 9.17) is 0 Å². The van der Waals surface area contributed by atoms with Crippen LogP contribution in [0, 0.1) is 23.5 Å². The molecule has 2 aliphatic carbocycles. The standard InChI is InChI=1S/C14H16F2O/c15-12-4-2-10(6-13(12)16)8-14(17)7-9-1-3-11(14)5-9/h2,4,6,9,11,17H,1,3,5,7-8H2.